The van der Waals surface area contributed by atoms with E-state index in [4.69, 9.17) is 4.42 Å². The molecule has 26 heavy (non-hydrogen) atoms. The van der Waals surface area contributed by atoms with Crippen LogP contribution in [0.25, 0.3) is 0 Å². The SMILES string of the molecule is CN=C(NCCCN1CCCCC1C)NCCNC(=O)c1ccco1.I. The van der Waals surface area contributed by atoms with E-state index < -0.39 is 0 Å². The maximum absolute atomic E-state index is 11.7. The number of nitrogens with one attached hydrogen (secondary N) is 3. The Hall–Kier alpha value is -1.29. The van der Waals surface area contributed by atoms with Gasteiger partial charge in [0.2, 0.25) is 0 Å². The number of guanidine groups is 1. The molecule has 2 rings (SSSR count). The fraction of sp³-hybridized carbons (Fsp3) is 0.667. The fourth-order valence-electron chi connectivity index (χ4n) is 3.05. The summed E-state index contributed by atoms with van der Waals surface area (Å²) in [5, 5.41) is 9.31. The summed E-state index contributed by atoms with van der Waals surface area (Å²) in [5.74, 6) is 0.888. The standard InChI is InChI=1S/C18H31N5O2.HI/c1-15-7-3-4-12-23(15)13-6-9-21-18(19-2)22-11-10-20-17(24)16-8-5-14-25-16;/h5,8,14-15H,3-4,6-7,9-13H2,1-2H3,(H,20,24)(H2,19,21,22);1H. The lowest BCUT2D eigenvalue weighted by molar-refractivity contribution is 0.0926. The number of rotatable bonds is 8. The first-order chi connectivity index (χ1) is 12.2. The van der Waals surface area contributed by atoms with Crippen LogP contribution in [0.5, 0.6) is 0 Å². The Kier molecular flexibility index (Phi) is 11.3. The van der Waals surface area contributed by atoms with E-state index in [0.29, 0.717) is 24.9 Å². The Morgan fingerprint density at radius 1 is 1.27 bits per heavy atom. The molecule has 1 aliphatic rings. The predicted octanol–water partition coefficient (Wildman–Crippen LogP) is 2.06. The molecule has 0 aromatic carbocycles. The van der Waals surface area contributed by atoms with Crippen molar-refractivity contribution in [1.29, 1.82) is 0 Å². The van der Waals surface area contributed by atoms with Crippen molar-refractivity contribution in [3.05, 3.63) is 24.2 Å². The van der Waals surface area contributed by atoms with Gasteiger partial charge in [-0.2, -0.15) is 0 Å². The number of piperidine rings is 1. The number of hydrogen-bond donors (Lipinski definition) is 3. The quantitative estimate of drug-likeness (QED) is 0.231. The van der Waals surface area contributed by atoms with Crippen LogP contribution in [0.4, 0.5) is 0 Å². The molecule has 1 fully saturated rings. The van der Waals surface area contributed by atoms with Crippen molar-refractivity contribution in [2.75, 3.05) is 39.8 Å². The van der Waals surface area contributed by atoms with Crippen LogP contribution in [0.3, 0.4) is 0 Å². The molecule has 2 heterocycles. The van der Waals surface area contributed by atoms with Crippen LogP contribution >= 0.6 is 24.0 Å². The molecule has 1 aliphatic heterocycles. The highest BCUT2D eigenvalue weighted by Crippen LogP contribution is 2.15. The summed E-state index contributed by atoms with van der Waals surface area (Å²) in [4.78, 5) is 18.5. The summed E-state index contributed by atoms with van der Waals surface area (Å²) >= 11 is 0. The largest absolute Gasteiger partial charge is 0.459 e. The molecule has 1 aromatic rings. The lowest BCUT2D eigenvalue weighted by atomic mass is 10.0. The molecular weight excluding hydrogens is 445 g/mol. The molecule has 8 heteroatoms. The summed E-state index contributed by atoms with van der Waals surface area (Å²) in [5.41, 5.74) is 0. The number of aliphatic imine (C=N–C) groups is 1. The number of carbonyl (C=O) groups is 1. The second-order valence-corrected chi connectivity index (χ2v) is 6.39. The van der Waals surface area contributed by atoms with Crippen LogP contribution in [-0.4, -0.2) is 62.6 Å². The number of nitrogens with zero attached hydrogens (tertiary/aromatic N) is 2. The second-order valence-electron chi connectivity index (χ2n) is 6.39. The maximum Gasteiger partial charge on any atom is 0.287 e. The second kappa shape index (κ2) is 13.0. The van der Waals surface area contributed by atoms with E-state index in [1.54, 1.807) is 19.2 Å². The minimum atomic E-state index is -0.203. The monoisotopic (exact) mass is 477 g/mol. The first-order valence-corrected chi connectivity index (χ1v) is 9.21. The minimum absolute atomic E-state index is 0. The summed E-state index contributed by atoms with van der Waals surface area (Å²) in [6.45, 7) is 6.68. The van der Waals surface area contributed by atoms with E-state index in [9.17, 15) is 4.79 Å². The number of likely N-dealkylation sites (tertiary alicyclic amines) is 1. The van der Waals surface area contributed by atoms with Crippen molar-refractivity contribution in [3.8, 4) is 0 Å². The number of hydrogen-bond acceptors (Lipinski definition) is 4. The van der Waals surface area contributed by atoms with Gasteiger partial charge in [-0.05, 0) is 44.9 Å². The van der Waals surface area contributed by atoms with Crippen LogP contribution in [-0.2, 0) is 0 Å². The van der Waals surface area contributed by atoms with E-state index >= 15 is 0 Å². The van der Waals surface area contributed by atoms with Crippen molar-refractivity contribution in [2.45, 2.75) is 38.6 Å². The minimum Gasteiger partial charge on any atom is -0.459 e. The summed E-state index contributed by atoms with van der Waals surface area (Å²) < 4.78 is 5.05. The van der Waals surface area contributed by atoms with Gasteiger partial charge in [0.05, 0.1) is 6.26 Å². The van der Waals surface area contributed by atoms with Crippen molar-refractivity contribution in [3.63, 3.8) is 0 Å². The van der Waals surface area contributed by atoms with Gasteiger partial charge in [0.1, 0.15) is 0 Å². The molecule has 3 N–H and O–H groups in total. The summed E-state index contributed by atoms with van der Waals surface area (Å²) in [7, 11) is 1.75. The Morgan fingerprint density at radius 2 is 2.04 bits per heavy atom. The number of amides is 1. The Balaban J connectivity index is 0.00000338. The van der Waals surface area contributed by atoms with Gasteiger partial charge in [-0.1, -0.05) is 6.42 Å². The van der Waals surface area contributed by atoms with E-state index in [1.165, 1.54) is 32.1 Å². The van der Waals surface area contributed by atoms with E-state index in [2.05, 4.69) is 32.8 Å². The van der Waals surface area contributed by atoms with Gasteiger partial charge in [0.15, 0.2) is 11.7 Å². The zero-order valence-electron chi connectivity index (χ0n) is 15.8. The average molecular weight is 477 g/mol. The van der Waals surface area contributed by atoms with Crippen molar-refractivity contribution in [1.82, 2.24) is 20.9 Å². The van der Waals surface area contributed by atoms with Gasteiger partial charge in [-0.15, -0.1) is 24.0 Å². The van der Waals surface area contributed by atoms with E-state index in [-0.39, 0.29) is 29.9 Å². The molecule has 1 aromatic heterocycles. The molecule has 1 atom stereocenters. The average Bonchev–Trinajstić information content (AvgIpc) is 3.16. The van der Waals surface area contributed by atoms with Gasteiger partial charge in [0.25, 0.3) is 5.91 Å². The molecule has 0 aliphatic carbocycles. The van der Waals surface area contributed by atoms with Crippen molar-refractivity contribution >= 4 is 35.8 Å². The highest BCUT2D eigenvalue weighted by molar-refractivity contribution is 14.0. The van der Waals surface area contributed by atoms with Crippen LogP contribution in [0.2, 0.25) is 0 Å². The molecule has 0 radical (unpaired) electrons. The maximum atomic E-state index is 11.7. The summed E-state index contributed by atoms with van der Waals surface area (Å²) in [6, 6.07) is 4.06. The Labute approximate surface area is 173 Å². The van der Waals surface area contributed by atoms with Gasteiger partial charge < -0.3 is 25.3 Å². The number of furan rings is 1. The smallest absolute Gasteiger partial charge is 0.287 e. The molecule has 148 valence electrons. The highest BCUT2D eigenvalue weighted by atomic mass is 127. The molecule has 0 spiro atoms. The Morgan fingerprint density at radius 3 is 2.73 bits per heavy atom. The van der Waals surface area contributed by atoms with Gasteiger partial charge in [-0.25, -0.2) is 0 Å². The van der Waals surface area contributed by atoms with Crippen LogP contribution in [0, 0.1) is 0 Å². The van der Waals surface area contributed by atoms with Crippen LogP contribution < -0.4 is 16.0 Å². The molecule has 1 amide bonds. The van der Waals surface area contributed by atoms with Gasteiger partial charge >= 0.3 is 0 Å². The first-order valence-electron chi connectivity index (χ1n) is 9.21. The van der Waals surface area contributed by atoms with Crippen molar-refractivity contribution in [2.24, 2.45) is 4.99 Å². The van der Waals surface area contributed by atoms with E-state index in [1.807, 2.05) is 0 Å². The fourth-order valence-corrected chi connectivity index (χ4v) is 3.05. The van der Waals surface area contributed by atoms with E-state index in [0.717, 1.165) is 25.5 Å². The molecule has 1 saturated heterocycles. The third kappa shape index (κ3) is 7.94. The third-order valence-electron chi connectivity index (χ3n) is 4.53. The summed E-state index contributed by atoms with van der Waals surface area (Å²) in [6.07, 6.45) is 6.60. The predicted molar refractivity (Wildman–Crippen MR) is 115 cm³/mol. The number of carbonyl (C=O) groups excluding carboxylic acids is 1. The molecule has 0 bridgehead atoms. The van der Waals surface area contributed by atoms with Crippen LogP contribution in [0.1, 0.15) is 43.2 Å². The molecular formula is C18H32IN5O2. The van der Waals surface area contributed by atoms with Gasteiger partial charge in [0, 0.05) is 39.3 Å². The molecule has 0 saturated carbocycles. The van der Waals surface area contributed by atoms with Gasteiger partial charge in [-0.3, -0.25) is 9.79 Å². The zero-order valence-corrected chi connectivity index (χ0v) is 18.1. The topological polar surface area (TPSA) is 81.9 Å². The molecule has 1 unspecified atom stereocenters. The first kappa shape index (κ1) is 22.8. The van der Waals surface area contributed by atoms with Crippen molar-refractivity contribution < 1.29 is 9.21 Å². The number of halogens is 1. The zero-order chi connectivity index (χ0) is 17.9. The lowest BCUT2D eigenvalue weighted by Gasteiger charge is -2.33. The normalized spacial score (nSPS) is 18.1. The Bertz CT molecular complexity index is 536. The highest BCUT2D eigenvalue weighted by Gasteiger charge is 2.17. The van der Waals surface area contributed by atoms with Crippen LogP contribution in [0.15, 0.2) is 27.8 Å². The third-order valence-corrected chi connectivity index (χ3v) is 4.53. The lowest BCUT2D eigenvalue weighted by Crippen LogP contribution is -2.43. The molecule has 7 nitrogen and oxygen atoms in total.